The van der Waals surface area contributed by atoms with Crippen molar-refractivity contribution in [3.63, 3.8) is 0 Å². The molecule has 3 nitrogen and oxygen atoms in total. The quantitative estimate of drug-likeness (QED) is 0.452. The van der Waals surface area contributed by atoms with Crippen molar-refractivity contribution in [1.82, 2.24) is 4.90 Å². The molecule has 3 unspecified atom stereocenters. The van der Waals surface area contributed by atoms with Crippen molar-refractivity contribution in [2.75, 3.05) is 6.54 Å². The normalized spacial score (nSPS) is 26.0. The summed E-state index contributed by atoms with van der Waals surface area (Å²) in [4.78, 5) is 14.2. The minimum Gasteiger partial charge on any atom is -0.481 e. The lowest BCUT2D eigenvalue weighted by Crippen LogP contribution is -2.41. The van der Waals surface area contributed by atoms with Crippen LogP contribution in [0.2, 0.25) is 0 Å². The molecule has 0 amide bonds. The Kier molecular flexibility index (Phi) is 6.82. The van der Waals surface area contributed by atoms with Gasteiger partial charge in [0.1, 0.15) is 0 Å². The minimum atomic E-state index is -4.38. The molecular weight excluding hydrogens is 451 g/mol. The summed E-state index contributed by atoms with van der Waals surface area (Å²) in [6.07, 6.45) is -0.342. The van der Waals surface area contributed by atoms with Crippen molar-refractivity contribution in [1.29, 1.82) is 0 Å². The average molecular weight is 488 g/mol. The van der Waals surface area contributed by atoms with Crippen molar-refractivity contribution in [2.24, 2.45) is 11.3 Å². The van der Waals surface area contributed by atoms with Crippen LogP contribution in [0.4, 0.5) is 13.2 Å². The molecule has 1 saturated carbocycles. The van der Waals surface area contributed by atoms with E-state index in [0.717, 1.165) is 43.5 Å². The molecule has 2 fully saturated rings. The Morgan fingerprint density at radius 1 is 1.03 bits per heavy atom. The van der Waals surface area contributed by atoms with Gasteiger partial charge >= 0.3 is 12.1 Å². The fourth-order valence-corrected chi connectivity index (χ4v) is 5.89. The molecule has 2 aromatic rings. The van der Waals surface area contributed by atoms with Crippen LogP contribution in [0.3, 0.4) is 0 Å². The highest BCUT2D eigenvalue weighted by molar-refractivity contribution is 5.74. The third kappa shape index (κ3) is 5.28. The Balaban J connectivity index is 1.69. The van der Waals surface area contributed by atoms with Crippen LogP contribution in [0.25, 0.3) is 0 Å². The van der Waals surface area contributed by atoms with Gasteiger partial charge in [-0.2, -0.15) is 13.2 Å². The van der Waals surface area contributed by atoms with Crippen LogP contribution in [0.15, 0.2) is 48.5 Å². The number of carboxylic acid groups (broad SMARTS) is 1. The van der Waals surface area contributed by atoms with Crippen molar-refractivity contribution < 1.29 is 23.1 Å². The minimum absolute atomic E-state index is 0.0525. The molecular formula is C29H36F3NO2. The predicted octanol–water partition coefficient (Wildman–Crippen LogP) is 7.77. The van der Waals surface area contributed by atoms with Crippen LogP contribution in [0.1, 0.15) is 94.1 Å². The summed E-state index contributed by atoms with van der Waals surface area (Å²) >= 11 is 0. The van der Waals surface area contributed by atoms with Gasteiger partial charge in [-0.3, -0.25) is 9.69 Å². The van der Waals surface area contributed by atoms with Gasteiger partial charge in [0.05, 0.1) is 11.5 Å². The number of carbonyl (C=O) groups is 1. The van der Waals surface area contributed by atoms with E-state index in [0.29, 0.717) is 12.8 Å². The van der Waals surface area contributed by atoms with E-state index >= 15 is 0 Å². The summed E-state index contributed by atoms with van der Waals surface area (Å²) in [5.74, 6) is -1.11. The second kappa shape index (κ2) is 9.27. The Hall–Kier alpha value is -2.34. The van der Waals surface area contributed by atoms with Gasteiger partial charge in [-0.15, -0.1) is 0 Å². The number of alkyl halides is 3. The van der Waals surface area contributed by atoms with E-state index in [1.807, 2.05) is 0 Å². The molecule has 1 aliphatic carbocycles. The van der Waals surface area contributed by atoms with Crippen LogP contribution in [-0.4, -0.2) is 22.5 Å². The van der Waals surface area contributed by atoms with Gasteiger partial charge < -0.3 is 5.11 Å². The first-order chi connectivity index (χ1) is 16.4. The summed E-state index contributed by atoms with van der Waals surface area (Å²) < 4.78 is 39.6. The van der Waals surface area contributed by atoms with E-state index in [2.05, 4.69) is 56.9 Å². The molecule has 0 bridgehead atoms. The van der Waals surface area contributed by atoms with Crippen LogP contribution < -0.4 is 0 Å². The molecule has 1 heterocycles. The molecule has 35 heavy (non-hydrogen) atoms. The number of benzene rings is 2. The number of rotatable bonds is 6. The lowest BCUT2D eigenvalue weighted by molar-refractivity contribution is -0.140. The summed E-state index contributed by atoms with van der Waals surface area (Å²) in [6, 6.07) is 14.2. The Bertz CT molecular complexity index is 1040. The maximum atomic E-state index is 13.2. The molecule has 2 aliphatic rings. The maximum Gasteiger partial charge on any atom is 0.416 e. The van der Waals surface area contributed by atoms with Crippen LogP contribution in [0.5, 0.6) is 0 Å². The number of carboxylic acids is 1. The summed E-state index contributed by atoms with van der Waals surface area (Å²) in [7, 11) is 0. The van der Waals surface area contributed by atoms with Crippen molar-refractivity contribution >= 4 is 5.97 Å². The van der Waals surface area contributed by atoms with Crippen molar-refractivity contribution in [3.05, 3.63) is 70.8 Å². The fraction of sp³-hybridized carbons (Fsp3) is 0.552. The van der Waals surface area contributed by atoms with Gasteiger partial charge in [0.25, 0.3) is 0 Å². The van der Waals surface area contributed by atoms with E-state index in [4.69, 9.17) is 0 Å². The number of likely N-dealkylation sites (tertiary alicyclic amines) is 1. The molecule has 1 saturated heterocycles. The lowest BCUT2D eigenvalue weighted by Gasteiger charge is -2.45. The second-order valence-electron chi connectivity index (χ2n) is 11.5. The number of halogens is 3. The van der Waals surface area contributed by atoms with E-state index in [9.17, 15) is 23.1 Å². The number of nitrogens with zero attached hydrogens (tertiary/aromatic N) is 1. The van der Waals surface area contributed by atoms with E-state index < -0.39 is 17.7 Å². The highest BCUT2D eigenvalue weighted by Gasteiger charge is 2.61. The van der Waals surface area contributed by atoms with Crippen molar-refractivity contribution in [3.8, 4) is 0 Å². The van der Waals surface area contributed by atoms with Gasteiger partial charge in [0.2, 0.25) is 0 Å². The number of hydrogen-bond acceptors (Lipinski definition) is 2. The fourth-order valence-electron chi connectivity index (χ4n) is 5.89. The second-order valence-corrected chi connectivity index (χ2v) is 11.5. The zero-order chi connectivity index (χ0) is 25.6. The summed E-state index contributed by atoms with van der Waals surface area (Å²) in [5.41, 5.74) is 2.45. The summed E-state index contributed by atoms with van der Waals surface area (Å²) in [5, 5.41) is 9.64. The third-order valence-electron chi connectivity index (χ3n) is 8.10. The molecule has 4 rings (SSSR count). The van der Waals surface area contributed by atoms with Gasteiger partial charge in [-0.25, -0.2) is 0 Å². The van der Waals surface area contributed by atoms with Crippen LogP contribution >= 0.6 is 0 Å². The highest BCUT2D eigenvalue weighted by Crippen LogP contribution is 2.63. The zero-order valence-electron chi connectivity index (χ0n) is 21.0. The summed E-state index contributed by atoms with van der Waals surface area (Å²) in [6.45, 7) is 9.44. The average Bonchev–Trinajstić information content (AvgIpc) is 3.50. The third-order valence-corrected chi connectivity index (χ3v) is 8.10. The van der Waals surface area contributed by atoms with Gasteiger partial charge in [-0.1, -0.05) is 70.5 Å². The van der Waals surface area contributed by atoms with E-state index in [1.165, 1.54) is 11.1 Å². The topological polar surface area (TPSA) is 40.5 Å². The van der Waals surface area contributed by atoms with Crippen molar-refractivity contribution in [2.45, 2.75) is 83.5 Å². The standard InChI is InChI=1S/C29H36F3NO2/c1-5-6-24(19-7-11-21(12-8-19)27(2,3)4)33-16-15-28(17-23(28)26(34)35)18-25(33)20-9-13-22(14-10-20)29(30,31)32/h7-14,23-25H,5-6,15-18H2,1-4H3,(H,34,35)/t23?,24?,25-,28?/m0/s1. The molecule has 0 aromatic heterocycles. The predicted molar refractivity (Wildman–Crippen MR) is 131 cm³/mol. The number of aliphatic carboxylic acids is 1. The SMILES string of the molecule is CCCC(c1ccc(C(C)(C)C)cc1)N1CCC2(CC2C(=O)O)C[C@H]1c1ccc(C(F)(F)F)cc1. The molecule has 1 N–H and O–H groups in total. The Morgan fingerprint density at radius 2 is 1.63 bits per heavy atom. The first-order valence-electron chi connectivity index (χ1n) is 12.6. The first kappa shape index (κ1) is 25.7. The van der Waals surface area contributed by atoms with Gasteiger partial charge in [-0.05, 0) is 71.9 Å². The molecule has 0 radical (unpaired) electrons. The zero-order valence-corrected chi connectivity index (χ0v) is 21.0. The molecule has 1 aliphatic heterocycles. The molecule has 2 aromatic carbocycles. The molecule has 6 heteroatoms. The Morgan fingerprint density at radius 3 is 2.11 bits per heavy atom. The largest absolute Gasteiger partial charge is 0.481 e. The van der Waals surface area contributed by atoms with Gasteiger partial charge in [0, 0.05) is 12.1 Å². The van der Waals surface area contributed by atoms with Gasteiger partial charge in [0.15, 0.2) is 0 Å². The Labute approximate surface area is 206 Å². The molecule has 4 atom stereocenters. The van der Waals surface area contributed by atoms with E-state index in [1.54, 1.807) is 12.1 Å². The first-order valence-corrected chi connectivity index (χ1v) is 12.6. The lowest BCUT2D eigenvalue weighted by atomic mass is 9.80. The van der Waals surface area contributed by atoms with E-state index in [-0.39, 0.29) is 28.8 Å². The maximum absolute atomic E-state index is 13.2. The smallest absolute Gasteiger partial charge is 0.416 e. The molecule has 1 spiro atoms. The number of piperidine rings is 1. The monoisotopic (exact) mass is 487 g/mol. The van der Waals surface area contributed by atoms with Crippen LogP contribution in [0, 0.1) is 11.3 Å². The van der Waals surface area contributed by atoms with Crippen LogP contribution in [-0.2, 0) is 16.4 Å². The highest BCUT2D eigenvalue weighted by atomic mass is 19.4. The molecule has 190 valence electrons. The number of hydrogen-bond donors (Lipinski definition) is 1.